The van der Waals surface area contributed by atoms with Crippen LogP contribution in [0.2, 0.25) is 0 Å². The van der Waals surface area contributed by atoms with Gasteiger partial charge in [0.25, 0.3) is 0 Å². The maximum atomic E-state index is 11.9. The lowest BCUT2D eigenvalue weighted by atomic mass is 9.31. The van der Waals surface area contributed by atoms with Gasteiger partial charge in [0, 0.05) is 12.2 Å². The largest absolute Gasteiger partial charge is 0.396 e. The van der Waals surface area contributed by atoms with E-state index in [-0.39, 0.29) is 16.6 Å². The molecule has 0 spiro atoms. The summed E-state index contributed by atoms with van der Waals surface area (Å²) in [7, 11) is 0. The Morgan fingerprint density at radius 1 is 0.825 bits per heavy atom. The summed E-state index contributed by atoms with van der Waals surface area (Å²) in [6.07, 6.45) is 13.2. The summed E-state index contributed by atoms with van der Waals surface area (Å²) in [5.41, 5.74) is 3.87. The minimum atomic E-state index is 0.161. The predicted octanol–water partition coefficient (Wildman–Crippen LogP) is 9.70. The van der Waals surface area contributed by atoms with Crippen LogP contribution in [0.4, 0.5) is 0 Å². The highest BCUT2D eigenvalue weighted by molar-refractivity contribution is 5.94. The number of carbonyl (C=O) groups is 1. The number of benzene rings is 1. The van der Waals surface area contributed by atoms with Crippen molar-refractivity contribution < 1.29 is 9.90 Å². The van der Waals surface area contributed by atoms with Crippen LogP contribution < -0.4 is 0 Å². The average Bonchev–Trinajstić information content (AvgIpc) is 3.29. The molecule has 0 aromatic heterocycles. The van der Waals surface area contributed by atoms with Crippen molar-refractivity contribution in [3.05, 3.63) is 35.4 Å². The quantitative estimate of drug-likeness (QED) is 0.382. The van der Waals surface area contributed by atoms with E-state index >= 15 is 0 Å². The Morgan fingerprint density at radius 3 is 2.15 bits per heavy atom. The van der Waals surface area contributed by atoms with E-state index in [9.17, 15) is 9.90 Å². The first kappa shape index (κ1) is 28.9. The zero-order valence-corrected chi connectivity index (χ0v) is 27.0. The summed E-state index contributed by atoms with van der Waals surface area (Å²) in [6, 6.07) is 8.63. The summed E-state index contributed by atoms with van der Waals surface area (Å²) < 4.78 is 0. The third-order valence-corrected chi connectivity index (χ3v) is 15.6. The molecule has 1 unspecified atom stereocenters. The number of aliphatic hydroxyl groups excluding tert-OH is 1. The molecule has 0 bridgehead atoms. The van der Waals surface area contributed by atoms with Crippen molar-refractivity contribution in [2.75, 3.05) is 6.61 Å². The maximum absolute atomic E-state index is 11.9. The predicted molar refractivity (Wildman–Crippen MR) is 165 cm³/mol. The first-order valence-electron chi connectivity index (χ1n) is 17.0. The van der Waals surface area contributed by atoms with Crippen molar-refractivity contribution in [3.63, 3.8) is 0 Å². The normalized spacial score (nSPS) is 47.6. The first-order valence-corrected chi connectivity index (χ1v) is 17.0. The summed E-state index contributed by atoms with van der Waals surface area (Å²) in [5.74, 6) is 5.24. The van der Waals surface area contributed by atoms with E-state index in [1.807, 2.05) is 0 Å². The third-order valence-electron chi connectivity index (χ3n) is 15.6. The second kappa shape index (κ2) is 9.42. The number of ketones is 1. The molecule has 5 aliphatic rings. The van der Waals surface area contributed by atoms with Gasteiger partial charge in [-0.15, -0.1) is 0 Å². The van der Waals surface area contributed by atoms with E-state index in [4.69, 9.17) is 0 Å². The van der Waals surface area contributed by atoms with Crippen LogP contribution in [-0.2, 0) is 0 Å². The molecule has 1 aromatic rings. The average molecular weight is 547 g/mol. The zero-order chi connectivity index (χ0) is 28.9. The molecule has 0 heterocycles. The summed E-state index contributed by atoms with van der Waals surface area (Å²) in [5, 5.41) is 10.8. The van der Waals surface area contributed by atoms with Gasteiger partial charge in [0.15, 0.2) is 5.78 Å². The fourth-order valence-corrected chi connectivity index (χ4v) is 13.4. The molecule has 6 rings (SSSR count). The van der Waals surface area contributed by atoms with Crippen molar-refractivity contribution in [1.82, 2.24) is 0 Å². The Kier molecular flexibility index (Phi) is 6.82. The highest BCUT2D eigenvalue weighted by atomic mass is 16.3. The molecule has 40 heavy (non-hydrogen) atoms. The molecule has 1 N–H and O–H groups in total. The van der Waals surface area contributed by atoms with Crippen LogP contribution in [0.15, 0.2) is 24.3 Å². The number of Topliss-reactive ketones (excluding diaryl/α,β-unsaturated/α-hetero) is 1. The van der Waals surface area contributed by atoms with Crippen LogP contribution in [0.1, 0.15) is 141 Å². The van der Waals surface area contributed by atoms with E-state index in [0.29, 0.717) is 34.7 Å². The highest BCUT2D eigenvalue weighted by Gasteiger charge is 2.70. The lowest BCUT2D eigenvalue weighted by Gasteiger charge is -2.73. The third kappa shape index (κ3) is 3.72. The molecule has 5 saturated carbocycles. The Hall–Kier alpha value is -1.15. The van der Waals surface area contributed by atoms with E-state index in [1.165, 1.54) is 69.8 Å². The van der Waals surface area contributed by atoms with E-state index < -0.39 is 0 Å². The Labute approximate surface area is 245 Å². The molecule has 0 aliphatic heterocycles. The smallest absolute Gasteiger partial charge is 0.159 e. The molecule has 10 atom stereocenters. The van der Waals surface area contributed by atoms with E-state index in [0.717, 1.165) is 35.2 Å². The fourth-order valence-electron chi connectivity index (χ4n) is 13.4. The van der Waals surface area contributed by atoms with Crippen LogP contribution in [-0.4, -0.2) is 17.5 Å². The van der Waals surface area contributed by atoms with Gasteiger partial charge in [0.1, 0.15) is 0 Å². The van der Waals surface area contributed by atoms with Crippen LogP contribution in [0.3, 0.4) is 0 Å². The summed E-state index contributed by atoms with van der Waals surface area (Å²) in [6.45, 7) is 20.4. The molecule has 0 saturated heterocycles. The van der Waals surface area contributed by atoms with Gasteiger partial charge in [0.05, 0.1) is 0 Å². The van der Waals surface area contributed by atoms with Gasteiger partial charge in [-0.25, -0.2) is 0 Å². The molecular formula is C38H58O2. The minimum absolute atomic E-state index is 0.161. The zero-order valence-electron chi connectivity index (χ0n) is 27.0. The van der Waals surface area contributed by atoms with Gasteiger partial charge in [-0.3, -0.25) is 4.79 Å². The number of aliphatic hydroxyl groups is 1. The van der Waals surface area contributed by atoms with Gasteiger partial charge in [-0.2, -0.15) is 0 Å². The molecule has 5 aliphatic carbocycles. The topological polar surface area (TPSA) is 37.3 Å². The molecule has 0 radical (unpaired) electrons. The van der Waals surface area contributed by atoms with E-state index in [1.54, 1.807) is 6.92 Å². The molecule has 2 heteroatoms. The standard InChI is InChI=1S/C38H58O2/c1-24(2)28-15-20-38(23-39)22-21-36(7)30(33(28)38)13-14-32-35(6)18-16-29(27-11-9-26(10-12-27)25(3)40)34(4,5)31(35)17-19-37(32,36)8/h9-12,24,28-33,39H,13-23H2,1-8H3/t28-,29+,30?,31-,32+,33+,35-,36+,37+,38+/m0/s1. The van der Waals surface area contributed by atoms with Gasteiger partial charge in [0.2, 0.25) is 0 Å². The number of carbonyl (C=O) groups excluding carboxylic acids is 1. The van der Waals surface area contributed by atoms with Gasteiger partial charge < -0.3 is 5.11 Å². The second-order valence-corrected chi connectivity index (χ2v) is 17.3. The number of rotatable bonds is 4. The number of hydrogen-bond acceptors (Lipinski definition) is 2. The van der Waals surface area contributed by atoms with Crippen molar-refractivity contribution in [1.29, 1.82) is 0 Å². The second-order valence-electron chi connectivity index (χ2n) is 17.3. The fraction of sp³-hybridized carbons (Fsp3) is 0.816. The van der Waals surface area contributed by atoms with E-state index in [2.05, 4.69) is 72.7 Å². The van der Waals surface area contributed by atoms with Crippen LogP contribution in [0, 0.1) is 62.6 Å². The highest BCUT2D eigenvalue weighted by Crippen LogP contribution is 2.78. The lowest BCUT2D eigenvalue weighted by Crippen LogP contribution is -2.66. The molecule has 1 aromatic carbocycles. The Bertz CT molecular complexity index is 1130. The number of fused-ring (bicyclic) bond motifs is 7. The monoisotopic (exact) mass is 546 g/mol. The maximum Gasteiger partial charge on any atom is 0.159 e. The first-order chi connectivity index (χ1) is 18.7. The van der Waals surface area contributed by atoms with Crippen LogP contribution >= 0.6 is 0 Å². The van der Waals surface area contributed by atoms with Crippen molar-refractivity contribution in [2.24, 2.45) is 62.6 Å². The van der Waals surface area contributed by atoms with Crippen molar-refractivity contribution in [2.45, 2.75) is 126 Å². The SMILES string of the molecule is CC(=O)c1ccc([C@H]2CC[C@]3(C)[C@H]4CCC5[C@H]6[C@H](C(C)C)CC[C@]6(CO)CC[C@@]5(C)[C@]4(C)CC[C@H]3C2(C)C)cc1. The molecule has 2 nitrogen and oxygen atoms in total. The van der Waals surface area contributed by atoms with Gasteiger partial charge in [-0.1, -0.05) is 72.7 Å². The molecule has 222 valence electrons. The molecular weight excluding hydrogens is 488 g/mol. The lowest BCUT2D eigenvalue weighted by molar-refractivity contribution is -0.242. The van der Waals surface area contributed by atoms with Crippen molar-refractivity contribution in [3.8, 4) is 0 Å². The van der Waals surface area contributed by atoms with Crippen molar-refractivity contribution >= 4 is 5.78 Å². The summed E-state index contributed by atoms with van der Waals surface area (Å²) >= 11 is 0. The number of hydrogen-bond donors (Lipinski definition) is 1. The molecule has 0 amide bonds. The summed E-state index contributed by atoms with van der Waals surface area (Å²) in [4.78, 5) is 11.9. The van der Waals surface area contributed by atoms with Crippen LogP contribution in [0.25, 0.3) is 0 Å². The Balaban J connectivity index is 1.32. The minimum Gasteiger partial charge on any atom is -0.396 e. The Morgan fingerprint density at radius 2 is 1.52 bits per heavy atom. The molecule has 5 fully saturated rings. The van der Waals surface area contributed by atoms with Gasteiger partial charge in [-0.05, 0) is 145 Å². The van der Waals surface area contributed by atoms with Gasteiger partial charge >= 0.3 is 0 Å². The van der Waals surface area contributed by atoms with Crippen LogP contribution in [0.5, 0.6) is 0 Å².